The van der Waals surface area contributed by atoms with E-state index in [0.717, 1.165) is 68.5 Å². The van der Waals surface area contributed by atoms with Gasteiger partial charge >= 0.3 is 0 Å². The highest BCUT2D eigenvalue weighted by atomic mass is 16.5. The van der Waals surface area contributed by atoms with E-state index in [1.807, 2.05) is 13.8 Å². The first kappa shape index (κ1) is 87.9. The van der Waals surface area contributed by atoms with Gasteiger partial charge in [-0.3, -0.25) is 73.8 Å². The van der Waals surface area contributed by atoms with Gasteiger partial charge in [0.1, 0.15) is 17.5 Å². The van der Waals surface area contributed by atoms with Crippen LogP contribution in [0.4, 0.5) is 86.1 Å². The number of ether oxygens (including phenoxy) is 4. The Kier molecular flexibility index (Phi) is 29.9. The summed E-state index contributed by atoms with van der Waals surface area (Å²) in [4.78, 5) is 179. The molecule has 0 spiro atoms. The summed E-state index contributed by atoms with van der Waals surface area (Å²) >= 11 is 0. The summed E-state index contributed by atoms with van der Waals surface area (Å²) in [7, 11) is 4.86. The molecule has 0 saturated heterocycles. The van der Waals surface area contributed by atoms with Gasteiger partial charge in [0.05, 0.1) is 115 Å². The number of nitrogens with zero attached hydrogens (tertiary/aromatic N) is 6. The van der Waals surface area contributed by atoms with Crippen molar-refractivity contribution < 1.29 is 18.9 Å². The zero-order valence-corrected chi connectivity index (χ0v) is 67.4. The second kappa shape index (κ2) is 40.9. The Morgan fingerprint density at radius 3 is 0.908 bits per heavy atom. The van der Waals surface area contributed by atoms with Crippen LogP contribution < -0.4 is 130 Å². The number of hydrazine groups is 3. The molecule has 0 atom stereocenters. The fourth-order valence-corrected chi connectivity index (χ4v) is 13.4. The van der Waals surface area contributed by atoms with E-state index < -0.39 is 96.5 Å². The number of unbranched alkanes of at least 4 members (excludes halogenated alkanes) is 1. The Balaban J connectivity index is 0.000000190. The number of nitrogens with one attached hydrogen (secondary N) is 12. The minimum Gasteiger partial charge on any atom is -0.383 e. The van der Waals surface area contributed by atoms with Crippen molar-refractivity contribution in [2.75, 3.05) is 158 Å². The quantitative estimate of drug-likeness (QED) is 0.00993. The van der Waals surface area contributed by atoms with Crippen molar-refractivity contribution in [2.24, 2.45) is 0 Å². The third-order valence-corrected chi connectivity index (χ3v) is 19.4. The summed E-state index contributed by atoms with van der Waals surface area (Å²) in [6.07, 6.45) is 5.26. The van der Waals surface area contributed by atoms with Crippen molar-refractivity contribution in [2.45, 2.75) is 80.1 Å². The average molecular weight is 1630 g/mol. The van der Waals surface area contributed by atoms with E-state index in [4.69, 9.17) is 38.7 Å². The molecule has 0 aliphatic heterocycles. The highest BCUT2D eigenvalue weighted by Gasteiger charge is 2.25. The van der Waals surface area contributed by atoms with Gasteiger partial charge in [0.2, 0.25) is 33.3 Å². The van der Waals surface area contributed by atoms with Crippen LogP contribution in [-0.2, 0) is 18.9 Å². The Morgan fingerprint density at radius 2 is 0.608 bits per heavy atom. The predicted octanol–water partition coefficient (Wildman–Crippen LogP) is 8.55. The number of anilines is 12. The maximum Gasteiger partial charge on any atom is 0.233 e. The summed E-state index contributed by atoms with van der Waals surface area (Å²) in [6.45, 7) is 40.7. The first-order valence-electron chi connectivity index (χ1n) is 38.5. The smallest absolute Gasteiger partial charge is 0.233 e. The number of fused-ring (bicyclic) bond motifs is 3. The lowest BCUT2D eigenvalue weighted by Crippen LogP contribution is -2.28. The summed E-state index contributed by atoms with van der Waals surface area (Å²) in [5.74, 6) is 2.59. The molecular weight excluding hydrogens is 1540 g/mol. The van der Waals surface area contributed by atoms with Crippen molar-refractivity contribution in [1.82, 2.24) is 15.0 Å². The second-order valence-electron chi connectivity index (χ2n) is 27.3. The summed E-state index contributed by atoms with van der Waals surface area (Å²) in [5.41, 5.74) is 14.5. The molecule has 6 aliphatic carbocycles. The molecule has 12 rings (SSSR count). The molecule has 618 valence electrons. The van der Waals surface area contributed by atoms with E-state index >= 15 is 0 Å². The fourth-order valence-electron chi connectivity index (χ4n) is 13.4. The summed E-state index contributed by atoms with van der Waals surface area (Å²) in [6, 6.07) is 19.8. The Hall–Kier alpha value is -14.5. The van der Waals surface area contributed by atoms with Crippen LogP contribution >= 0.6 is 0 Å². The number of pyridine rings is 3. The van der Waals surface area contributed by atoms with Gasteiger partial charge in [-0.25, -0.2) is 29.5 Å². The van der Waals surface area contributed by atoms with Crippen molar-refractivity contribution in [1.29, 1.82) is 0 Å². The van der Waals surface area contributed by atoms with Crippen LogP contribution in [0.15, 0.2) is 149 Å². The molecule has 0 amide bonds. The van der Waals surface area contributed by atoms with Gasteiger partial charge < -0.3 is 67.1 Å². The molecule has 34 heteroatoms. The van der Waals surface area contributed by atoms with Gasteiger partial charge in [-0.05, 0) is 124 Å². The van der Waals surface area contributed by atoms with Gasteiger partial charge in [-0.1, -0.05) is 63.6 Å². The third-order valence-electron chi connectivity index (χ3n) is 19.4. The molecule has 3 aromatic carbocycles. The maximum atomic E-state index is 13.5. The Morgan fingerprint density at radius 1 is 0.325 bits per heavy atom. The summed E-state index contributed by atoms with van der Waals surface area (Å²) < 4.78 is 21.4. The highest BCUT2D eigenvalue weighted by molar-refractivity contribution is 5.98. The molecular formula is C86H88N18O16. The Labute approximate surface area is 683 Å². The predicted molar refractivity (Wildman–Crippen MR) is 470 cm³/mol. The van der Waals surface area contributed by atoms with Crippen molar-refractivity contribution in [3.63, 3.8) is 0 Å². The average Bonchev–Trinajstić information content (AvgIpc) is 0.745. The van der Waals surface area contributed by atoms with Gasteiger partial charge in [0.25, 0.3) is 0 Å². The van der Waals surface area contributed by atoms with Crippen molar-refractivity contribution in [3.8, 4) is 0 Å². The lowest BCUT2D eigenvalue weighted by atomic mass is 10.0. The summed E-state index contributed by atoms with van der Waals surface area (Å²) in [5, 5.41) is 16.6. The molecule has 12 N–H and O–H groups in total. The van der Waals surface area contributed by atoms with Crippen LogP contribution in [0, 0.1) is 71.8 Å². The van der Waals surface area contributed by atoms with E-state index in [2.05, 4.69) is 101 Å². The Bertz CT molecular complexity index is 6940. The van der Waals surface area contributed by atoms with Crippen LogP contribution in [0.2, 0.25) is 0 Å². The molecule has 0 radical (unpaired) electrons. The first-order chi connectivity index (χ1) is 58.0. The monoisotopic (exact) mass is 1630 g/mol. The lowest BCUT2D eigenvalue weighted by Gasteiger charge is -2.20. The number of benzene rings is 3. The molecule has 6 aromatic rings. The third kappa shape index (κ3) is 18.8. The van der Waals surface area contributed by atoms with Gasteiger partial charge in [-0.2, -0.15) is 0 Å². The zero-order chi connectivity index (χ0) is 86.4. The molecule has 0 saturated carbocycles. The topological polar surface area (TPSA) is 438 Å². The molecule has 0 bridgehead atoms. The van der Waals surface area contributed by atoms with Crippen LogP contribution in [0.1, 0.15) is 76.0 Å². The number of methoxy groups -OCH3 is 2. The van der Waals surface area contributed by atoms with Gasteiger partial charge in [0, 0.05) is 96.6 Å². The normalized spacial score (nSPS) is 10.9. The SMILES string of the molecule is [C-]#[N+]c1c(NCCCC)nc(NC)c(NNc2cccc3c(=O)c4c(=O)ccc(=O)c=4c(=O)c23)c1C.[C-]#[N+]c1c(NCCCOCCC)nc(NCCOC)c(NNc2cccc3c(=O)c4c(=O)ccc(=O)c=4c(=O)c23)c1C.[C-]#[N+]c1c(NCCOC)nc(NCCCOCCC)c(NNc2cccc3c(=O)c4c(=O)ccc(=O)c=4c(=O)c23)c1C. The molecule has 120 heavy (non-hydrogen) atoms. The molecule has 0 fully saturated rings. The molecule has 34 nitrogen and oxygen atoms in total. The van der Waals surface area contributed by atoms with Gasteiger partial charge in [0.15, 0.2) is 66.3 Å². The minimum absolute atomic E-state index is 0.00919. The number of rotatable bonds is 36. The second-order valence-corrected chi connectivity index (χ2v) is 27.3. The molecule has 3 aromatic heterocycles. The van der Waals surface area contributed by atoms with E-state index in [9.17, 15) is 57.5 Å². The van der Waals surface area contributed by atoms with Crippen molar-refractivity contribution >= 4 is 118 Å². The van der Waals surface area contributed by atoms with Gasteiger partial charge in [-0.15, -0.1) is 0 Å². The standard InChI is InChI=1S/2C30H32N6O6.C26H24N6O4/c1-5-14-42-15-7-12-32-30-26(17(2)25(31-3)29(34-30)33-13-16-41-4)36-35-19-9-6-8-18-22(19)28(40)24-21(38)11-10-20(37)23(24)27(18)39;1-5-14-42-15-7-12-32-29-25(31-3)17(2)26(30(34-29)33-13-16-41-4)36-35-19-9-6-8-18-22(19)28(40)24-21(38)11-10-20(37)23(24)27(18)39;1-5-6-12-29-26-21(27-3)13(2)22(25(28-4)30-26)32-31-15-9-7-8-14-18(15)24(36)20-17(34)11-10-16(33)19(20)23(14)35/h2*6,8-11,35-36H,5,7,12-16H2,1-2,4H3,(H2,32,33,34);7-11,31-32H,5-6,12H2,1-2,4H3,(H2,28,29,30). The van der Waals surface area contributed by atoms with E-state index in [1.165, 1.54) is 18.2 Å². The van der Waals surface area contributed by atoms with Crippen molar-refractivity contribution in [3.05, 3.63) is 296 Å². The first-order valence-corrected chi connectivity index (χ1v) is 38.5. The van der Waals surface area contributed by atoms with Crippen LogP contribution in [-0.4, -0.2) is 109 Å². The number of hydrogen-bond acceptors (Lipinski definition) is 31. The van der Waals surface area contributed by atoms with E-state index in [0.29, 0.717) is 165 Å². The molecule has 0 unspecified atom stereocenters. The van der Waals surface area contributed by atoms with E-state index in [1.54, 1.807) is 78.4 Å². The molecule has 6 aliphatic rings. The molecule has 3 heterocycles. The maximum absolute atomic E-state index is 13.5. The zero-order valence-electron chi connectivity index (χ0n) is 67.4. The highest BCUT2D eigenvalue weighted by Crippen LogP contribution is 2.41. The van der Waals surface area contributed by atoms with Crippen LogP contribution in [0.25, 0.3) is 46.9 Å². The fraction of sp³-hybridized carbons (Fsp3) is 0.302. The van der Waals surface area contributed by atoms with E-state index in [-0.39, 0.29) is 49.4 Å². The largest absolute Gasteiger partial charge is 0.383 e. The van der Waals surface area contributed by atoms with Crippen LogP contribution in [0.5, 0.6) is 0 Å². The lowest BCUT2D eigenvalue weighted by molar-refractivity contribution is 0.134. The minimum atomic E-state index is -0.718. The van der Waals surface area contributed by atoms with Crippen LogP contribution in [0.3, 0.4) is 0 Å². The number of aromatic nitrogens is 3. The number of hydrogen-bond donors (Lipinski definition) is 12.